The first-order chi connectivity index (χ1) is 11.2. The van der Waals surface area contributed by atoms with Crippen molar-refractivity contribution in [3.8, 4) is 0 Å². The van der Waals surface area contributed by atoms with E-state index in [9.17, 15) is 8.42 Å². The molecule has 0 aliphatic carbocycles. The summed E-state index contributed by atoms with van der Waals surface area (Å²) in [6, 6.07) is 15.9. The second-order valence-corrected chi connectivity index (χ2v) is 6.71. The minimum Gasteiger partial charge on any atom is -1.00 e. The van der Waals surface area contributed by atoms with Crippen LogP contribution >= 0.6 is 0 Å². The van der Waals surface area contributed by atoms with Gasteiger partial charge in [-0.2, -0.15) is 8.42 Å². The van der Waals surface area contributed by atoms with E-state index in [1.54, 1.807) is 18.2 Å². The maximum Gasteiger partial charge on any atom is 1.00 e. The van der Waals surface area contributed by atoms with Crippen molar-refractivity contribution >= 4 is 21.2 Å². The number of benzene rings is 2. The van der Waals surface area contributed by atoms with Crippen molar-refractivity contribution in [2.24, 2.45) is 0 Å². The normalized spacial score (nSPS) is 11.3. The molecular weight excluding hydrogens is 337 g/mol. The van der Waals surface area contributed by atoms with Crippen molar-refractivity contribution in [3.05, 3.63) is 54.6 Å². The predicted octanol–water partition coefficient (Wildman–Crippen LogP) is -0.266. The first-order valence-electron chi connectivity index (χ1n) is 7.39. The van der Waals surface area contributed by atoms with Crippen LogP contribution in [0.1, 0.15) is 14.3 Å². The minimum absolute atomic E-state index is 0. The summed E-state index contributed by atoms with van der Waals surface area (Å²) in [5, 5.41) is 8.18. The van der Waals surface area contributed by atoms with Crippen LogP contribution in [0.15, 0.2) is 59.5 Å². The van der Waals surface area contributed by atoms with Crippen LogP contribution in [0.4, 0.5) is 0 Å². The fourth-order valence-corrected chi connectivity index (χ4v) is 3.23. The summed E-state index contributed by atoms with van der Waals surface area (Å²) in [6.07, 6.45) is 1.39. The molecular formula is C16H18N3NaO3S. The average Bonchev–Trinajstić information content (AvgIpc) is 2.99. The van der Waals surface area contributed by atoms with Crippen LogP contribution in [-0.4, -0.2) is 30.0 Å². The number of unbranched alkanes of at least 4 members (excludes halogenated alkanes) is 1. The third-order valence-electron chi connectivity index (χ3n) is 3.45. The number of hydrogen-bond donors (Lipinski definition) is 0. The first kappa shape index (κ1) is 19.1. The Kier molecular flexibility index (Phi) is 6.94. The molecule has 1 heterocycles. The van der Waals surface area contributed by atoms with Crippen molar-refractivity contribution in [2.75, 3.05) is 6.61 Å². The molecule has 8 heteroatoms. The number of aryl methyl sites for hydroxylation is 1. The van der Waals surface area contributed by atoms with Gasteiger partial charge < -0.3 is 1.43 Å². The molecule has 1 aromatic heterocycles. The van der Waals surface area contributed by atoms with E-state index in [-0.39, 0.29) is 42.5 Å². The van der Waals surface area contributed by atoms with E-state index in [4.69, 9.17) is 4.18 Å². The van der Waals surface area contributed by atoms with Crippen molar-refractivity contribution in [1.82, 2.24) is 15.0 Å². The summed E-state index contributed by atoms with van der Waals surface area (Å²) in [5.74, 6) is 0. The molecule has 0 atom stereocenters. The molecule has 0 N–H and O–H groups in total. The van der Waals surface area contributed by atoms with Crippen LogP contribution in [0.5, 0.6) is 0 Å². The molecule has 0 radical (unpaired) electrons. The van der Waals surface area contributed by atoms with E-state index in [0.717, 1.165) is 17.5 Å². The smallest absolute Gasteiger partial charge is 1.00 e. The van der Waals surface area contributed by atoms with Crippen LogP contribution in [0.3, 0.4) is 0 Å². The predicted molar refractivity (Wildman–Crippen MR) is 87.5 cm³/mol. The Morgan fingerprint density at radius 2 is 1.71 bits per heavy atom. The van der Waals surface area contributed by atoms with Crippen LogP contribution in [0.2, 0.25) is 0 Å². The molecule has 3 aromatic rings. The summed E-state index contributed by atoms with van der Waals surface area (Å²) >= 11 is 0. The van der Waals surface area contributed by atoms with Crippen LogP contribution in [0.25, 0.3) is 11.0 Å². The Morgan fingerprint density at radius 1 is 1.00 bits per heavy atom. The zero-order valence-corrected chi connectivity index (χ0v) is 16.3. The molecule has 0 amide bonds. The molecule has 2 aromatic carbocycles. The monoisotopic (exact) mass is 355 g/mol. The van der Waals surface area contributed by atoms with Gasteiger partial charge in [0.05, 0.1) is 17.0 Å². The fraction of sp³-hybridized carbons (Fsp3) is 0.250. The molecule has 0 unspecified atom stereocenters. The van der Waals surface area contributed by atoms with Gasteiger partial charge in [0.15, 0.2) is 0 Å². The van der Waals surface area contributed by atoms with Gasteiger partial charge in [-0.25, -0.2) is 4.68 Å². The third-order valence-corrected chi connectivity index (χ3v) is 4.78. The molecule has 0 aliphatic heterocycles. The molecule has 0 fully saturated rings. The summed E-state index contributed by atoms with van der Waals surface area (Å²) in [5.41, 5.74) is 1.83. The Bertz CT molecular complexity index is 888. The number of nitrogens with zero attached hydrogens (tertiary/aromatic N) is 3. The van der Waals surface area contributed by atoms with Gasteiger partial charge in [-0.1, -0.05) is 35.5 Å². The maximum absolute atomic E-state index is 11.9. The molecule has 0 aliphatic rings. The standard InChI is InChI=1S/C16H17N3O3S.Na.H/c20-23(21,14-8-2-1-3-9-14)22-13-7-6-12-19-16-11-5-4-10-15(16)17-18-19;;/h1-5,8-11H,6-7,12-13H2;;/q;+1;-1. The van der Waals surface area contributed by atoms with Gasteiger partial charge >= 0.3 is 29.6 Å². The number of aromatic nitrogens is 3. The number of hydrogen-bond acceptors (Lipinski definition) is 5. The molecule has 122 valence electrons. The Hall–Kier alpha value is -1.25. The third kappa shape index (κ3) is 4.64. The average molecular weight is 355 g/mol. The van der Waals surface area contributed by atoms with Crippen molar-refractivity contribution in [1.29, 1.82) is 0 Å². The second-order valence-electron chi connectivity index (χ2n) is 5.10. The number of fused-ring (bicyclic) bond motifs is 1. The van der Waals surface area contributed by atoms with Crippen molar-refractivity contribution in [3.63, 3.8) is 0 Å². The van der Waals surface area contributed by atoms with Gasteiger partial charge in [0.1, 0.15) is 5.52 Å². The number of rotatable bonds is 7. The topological polar surface area (TPSA) is 74.1 Å². The molecule has 0 spiro atoms. The summed E-state index contributed by atoms with van der Waals surface area (Å²) < 4.78 is 30.8. The molecule has 0 saturated carbocycles. The fourth-order valence-electron chi connectivity index (χ4n) is 2.27. The van der Waals surface area contributed by atoms with Gasteiger partial charge in [0, 0.05) is 6.54 Å². The first-order valence-corrected chi connectivity index (χ1v) is 8.80. The Morgan fingerprint density at radius 3 is 2.50 bits per heavy atom. The summed E-state index contributed by atoms with van der Waals surface area (Å²) in [6.45, 7) is 0.832. The van der Waals surface area contributed by atoms with E-state index in [2.05, 4.69) is 10.3 Å². The van der Waals surface area contributed by atoms with E-state index < -0.39 is 10.1 Å². The zero-order valence-electron chi connectivity index (χ0n) is 14.5. The summed E-state index contributed by atoms with van der Waals surface area (Å²) in [4.78, 5) is 0.183. The number of para-hydroxylation sites is 1. The van der Waals surface area contributed by atoms with Gasteiger partial charge in [-0.3, -0.25) is 4.18 Å². The molecule has 0 saturated heterocycles. The Balaban J connectivity index is 0.00000156. The van der Waals surface area contributed by atoms with Gasteiger partial charge in [0.25, 0.3) is 10.1 Å². The molecule has 24 heavy (non-hydrogen) atoms. The molecule has 6 nitrogen and oxygen atoms in total. The summed E-state index contributed by atoms with van der Waals surface area (Å²) in [7, 11) is -3.66. The largest absolute Gasteiger partial charge is 1.00 e. The van der Waals surface area contributed by atoms with Gasteiger partial charge in [-0.05, 0) is 37.1 Å². The van der Waals surface area contributed by atoms with E-state index >= 15 is 0 Å². The van der Waals surface area contributed by atoms with E-state index in [1.807, 2.05) is 28.9 Å². The van der Waals surface area contributed by atoms with Crippen LogP contribution in [-0.2, 0) is 20.8 Å². The Labute approximate surface area is 164 Å². The maximum atomic E-state index is 11.9. The van der Waals surface area contributed by atoms with E-state index in [0.29, 0.717) is 13.0 Å². The van der Waals surface area contributed by atoms with Crippen molar-refractivity contribution in [2.45, 2.75) is 24.3 Å². The zero-order chi connectivity index (χ0) is 16.1. The van der Waals surface area contributed by atoms with Gasteiger partial charge in [0.2, 0.25) is 0 Å². The molecule has 0 bridgehead atoms. The SMILES string of the molecule is O=S(=O)(OCCCCn1nnc2ccccc21)c1ccccc1.[H-].[Na+]. The minimum atomic E-state index is -3.66. The van der Waals surface area contributed by atoms with Crippen molar-refractivity contribution < 1.29 is 43.6 Å². The van der Waals surface area contributed by atoms with Gasteiger partial charge in [-0.15, -0.1) is 5.10 Å². The quantitative estimate of drug-likeness (QED) is 0.331. The molecule has 3 rings (SSSR count). The van der Waals surface area contributed by atoms with Crippen LogP contribution < -0.4 is 29.6 Å². The van der Waals surface area contributed by atoms with E-state index in [1.165, 1.54) is 12.1 Å². The van der Waals surface area contributed by atoms with Crippen LogP contribution in [0, 0.1) is 0 Å². The second kappa shape index (κ2) is 8.73.